The van der Waals surface area contributed by atoms with E-state index in [-0.39, 0.29) is 9.77 Å². The summed E-state index contributed by atoms with van der Waals surface area (Å²) in [5, 5.41) is 9.93. The van der Waals surface area contributed by atoms with Crippen LogP contribution in [0.15, 0.2) is 33.9 Å². The summed E-state index contributed by atoms with van der Waals surface area (Å²) in [4.78, 5) is 10.8. The molecule has 21 heavy (non-hydrogen) atoms. The Kier molecular flexibility index (Phi) is 3.97. The second kappa shape index (κ2) is 5.41. The Morgan fingerprint density at radius 3 is 2.33 bits per heavy atom. The average Bonchev–Trinajstić information content (AvgIpc) is 2.88. The molecule has 9 heteroatoms. The summed E-state index contributed by atoms with van der Waals surface area (Å²) in [7, 11) is -3.24. The summed E-state index contributed by atoms with van der Waals surface area (Å²) in [6.45, 7) is 0. The molecule has 5 nitrogen and oxygen atoms in total. The molecule has 0 fully saturated rings. The molecular formula is C12H9F2NO4S2. The van der Waals surface area contributed by atoms with Crippen LogP contribution < -0.4 is 4.31 Å². The highest BCUT2D eigenvalue weighted by Gasteiger charge is 2.28. The summed E-state index contributed by atoms with van der Waals surface area (Å²) in [6, 6.07) is 3.92. The second-order valence-corrected chi connectivity index (χ2v) is 7.11. The van der Waals surface area contributed by atoms with Gasteiger partial charge in [-0.05, 0) is 18.2 Å². The number of hydrogen-bond acceptors (Lipinski definition) is 4. The minimum absolute atomic E-state index is 0.207. The zero-order valence-electron chi connectivity index (χ0n) is 10.6. The number of carboxylic acid groups (broad SMARTS) is 1. The lowest BCUT2D eigenvalue weighted by Gasteiger charge is -2.19. The first-order chi connectivity index (χ1) is 9.75. The number of anilines is 1. The van der Waals surface area contributed by atoms with Gasteiger partial charge in [0.15, 0.2) is 11.6 Å². The van der Waals surface area contributed by atoms with Crippen molar-refractivity contribution in [3.05, 3.63) is 46.8 Å². The highest BCUT2D eigenvalue weighted by Crippen LogP contribution is 2.30. The van der Waals surface area contributed by atoms with E-state index in [1.807, 2.05) is 0 Å². The molecule has 0 spiro atoms. The van der Waals surface area contributed by atoms with Gasteiger partial charge in [0.2, 0.25) is 0 Å². The lowest BCUT2D eigenvalue weighted by molar-refractivity contribution is 0.0697. The number of carboxylic acids is 1. The number of para-hydroxylation sites is 1. The zero-order chi connectivity index (χ0) is 15.8. The Hall–Kier alpha value is -2.00. The molecule has 0 amide bonds. The van der Waals surface area contributed by atoms with Gasteiger partial charge in [-0.1, -0.05) is 6.07 Å². The molecule has 0 atom stereocenters. The molecule has 0 bridgehead atoms. The van der Waals surface area contributed by atoms with Crippen LogP contribution in [-0.2, 0) is 10.0 Å². The molecule has 1 heterocycles. The molecule has 1 N–H and O–H groups in total. The monoisotopic (exact) mass is 333 g/mol. The molecule has 112 valence electrons. The molecule has 0 radical (unpaired) electrons. The number of nitrogens with zero attached hydrogens (tertiary/aromatic N) is 1. The van der Waals surface area contributed by atoms with Crippen molar-refractivity contribution >= 4 is 33.0 Å². The van der Waals surface area contributed by atoms with Crippen LogP contribution in [0.3, 0.4) is 0 Å². The highest BCUT2D eigenvalue weighted by atomic mass is 32.2. The maximum atomic E-state index is 13.6. The minimum atomic E-state index is -4.24. The van der Waals surface area contributed by atoms with Gasteiger partial charge in [-0.3, -0.25) is 4.31 Å². The van der Waals surface area contributed by atoms with Crippen molar-refractivity contribution in [2.45, 2.75) is 4.21 Å². The van der Waals surface area contributed by atoms with Crippen LogP contribution in [0.2, 0.25) is 0 Å². The zero-order valence-corrected chi connectivity index (χ0v) is 12.2. The van der Waals surface area contributed by atoms with Gasteiger partial charge in [-0.2, -0.15) is 0 Å². The Morgan fingerprint density at radius 2 is 1.86 bits per heavy atom. The Labute approximate surface area is 123 Å². The fourth-order valence-corrected chi connectivity index (χ4v) is 4.14. The molecule has 0 aliphatic carbocycles. The molecular weight excluding hydrogens is 324 g/mol. The first-order valence-electron chi connectivity index (χ1n) is 5.50. The van der Waals surface area contributed by atoms with Gasteiger partial charge in [0.1, 0.15) is 9.90 Å². The topological polar surface area (TPSA) is 74.7 Å². The molecule has 0 aliphatic rings. The van der Waals surface area contributed by atoms with Crippen molar-refractivity contribution in [3.8, 4) is 0 Å². The molecule has 0 unspecified atom stereocenters. The van der Waals surface area contributed by atoms with E-state index in [0.717, 1.165) is 36.7 Å². The quantitative estimate of drug-likeness (QED) is 0.933. The number of carbonyl (C=O) groups is 1. The summed E-state index contributed by atoms with van der Waals surface area (Å²) >= 11 is 0.664. The normalized spacial score (nSPS) is 11.4. The molecule has 0 saturated carbocycles. The Bertz CT molecular complexity index is 781. The van der Waals surface area contributed by atoms with Gasteiger partial charge in [0, 0.05) is 12.4 Å². The first-order valence-corrected chi connectivity index (χ1v) is 7.82. The molecule has 0 saturated heterocycles. The fourth-order valence-electron chi connectivity index (χ4n) is 1.61. The van der Waals surface area contributed by atoms with Crippen LogP contribution in [0.25, 0.3) is 0 Å². The maximum absolute atomic E-state index is 13.6. The SMILES string of the molecule is CN(c1c(F)cccc1F)S(=O)(=O)c1cc(C(=O)O)cs1. The standard InChI is InChI=1S/C12H9F2NO4S2/c1-15(11-8(13)3-2-4-9(11)14)21(18,19)10-5-7(6-20-10)12(16)17/h2-6H,1H3,(H,16,17). The molecule has 1 aromatic heterocycles. The Morgan fingerprint density at radius 1 is 1.29 bits per heavy atom. The number of halogens is 2. The predicted molar refractivity (Wildman–Crippen MR) is 73.2 cm³/mol. The molecule has 2 aromatic rings. The van der Waals surface area contributed by atoms with Gasteiger partial charge in [0.25, 0.3) is 10.0 Å². The third kappa shape index (κ3) is 2.74. The van der Waals surface area contributed by atoms with Gasteiger partial charge < -0.3 is 5.11 Å². The van der Waals surface area contributed by atoms with E-state index in [2.05, 4.69) is 0 Å². The molecule has 0 aliphatic heterocycles. The van der Waals surface area contributed by atoms with E-state index >= 15 is 0 Å². The number of thiophene rings is 1. The first kappa shape index (κ1) is 15.4. The van der Waals surface area contributed by atoms with Gasteiger partial charge in [-0.15, -0.1) is 11.3 Å². The van der Waals surface area contributed by atoms with Crippen LogP contribution in [-0.4, -0.2) is 26.5 Å². The van der Waals surface area contributed by atoms with E-state index < -0.39 is 33.3 Å². The minimum Gasteiger partial charge on any atom is -0.478 e. The van der Waals surface area contributed by atoms with Gasteiger partial charge in [-0.25, -0.2) is 22.0 Å². The summed E-state index contributed by atoms with van der Waals surface area (Å²) < 4.78 is 52.0. The lowest BCUT2D eigenvalue weighted by atomic mass is 10.3. The van der Waals surface area contributed by atoms with Crippen LogP contribution in [0.4, 0.5) is 14.5 Å². The van der Waals surface area contributed by atoms with Crippen LogP contribution in [0.1, 0.15) is 10.4 Å². The lowest BCUT2D eigenvalue weighted by Crippen LogP contribution is -2.27. The number of sulfonamides is 1. The van der Waals surface area contributed by atoms with Crippen LogP contribution in [0, 0.1) is 11.6 Å². The largest absolute Gasteiger partial charge is 0.478 e. The van der Waals surface area contributed by atoms with Crippen LogP contribution in [0.5, 0.6) is 0 Å². The number of benzene rings is 1. The third-order valence-electron chi connectivity index (χ3n) is 2.69. The summed E-state index contributed by atoms with van der Waals surface area (Å²) in [5.41, 5.74) is -0.927. The predicted octanol–water partition coefficient (Wildman–Crippen LogP) is 2.55. The highest BCUT2D eigenvalue weighted by molar-refractivity contribution is 7.94. The van der Waals surface area contributed by atoms with Crippen molar-refractivity contribution in [2.24, 2.45) is 0 Å². The van der Waals surface area contributed by atoms with Crippen LogP contribution >= 0.6 is 11.3 Å². The average molecular weight is 333 g/mol. The van der Waals surface area contributed by atoms with Gasteiger partial charge >= 0.3 is 5.97 Å². The fraction of sp³-hybridized carbons (Fsp3) is 0.0833. The van der Waals surface area contributed by atoms with E-state index in [1.54, 1.807) is 0 Å². The van der Waals surface area contributed by atoms with Crippen molar-refractivity contribution in [1.82, 2.24) is 0 Å². The van der Waals surface area contributed by atoms with E-state index in [9.17, 15) is 22.0 Å². The smallest absolute Gasteiger partial charge is 0.336 e. The van der Waals surface area contributed by atoms with E-state index in [4.69, 9.17) is 5.11 Å². The summed E-state index contributed by atoms with van der Waals surface area (Å²) in [6.07, 6.45) is 0. The third-order valence-corrected chi connectivity index (χ3v) is 5.86. The maximum Gasteiger partial charge on any atom is 0.336 e. The number of hydrogen-bond donors (Lipinski definition) is 1. The van der Waals surface area contributed by atoms with Crippen molar-refractivity contribution in [2.75, 3.05) is 11.4 Å². The molecule has 1 aromatic carbocycles. The van der Waals surface area contributed by atoms with Crippen molar-refractivity contribution in [3.63, 3.8) is 0 Å². The second-order valence-electron chi connectivity index (χ2n) is 4.00. The van der Waals surface area contributed by atoms with E-state index in [0.29, 0.717) is 15.6 Å². The van der Waals surface area contributed by atoms with Gasteiger partial charge in [0.05, 0.1) is 5.56 Å². The number of aromatic carboxylic acids is 1. The summed E-state index contributed by atoms with van der Waals surface area (Å²) in [5.74, 6) is -3.35. The Balaban J connectivity index is 2.50. The molecule has 2 rings (SSSR count). The van der Waals surface area contributed by atoms with Crippen molar-refractivity contribution < 1.29 is 27.1 Å². The number of rotatable bonds is 4. The van der Waals surface area contributed by atoms with Crippen molar-refractivity contribution in [1.29, 1.82) is 0 Å². The van der Waals surface area contributed by atoms with E-state index in [1.165, 1.54) is 0 Å².